The summed E-state index contributed by atoms with van der Waals surface area (Å²) in [6.45, 7) is 7.65. The molecule has 0 aromatic heterocycles. The number of amidine groups is 1. The number of nitrogens with two attached hydrogens (primary N) is 1. The van der Waals surface area contributed by atoms with Gasteiger partial charge in [0.15, 0.2) is 0 Å². The van der Waals surface area contributed by atoms with Crippen molar-refractivity contribution in [2.45, 2.75) is 57.5 Å². The van der Waals surface area contributed by atoms with Gasteiger partial charge in [-0.3, -0.25) is 0 Å². The van der Waals surface area contributed by atoms with Crippen LogP contribution in [0.3, 0.4) is 0 Å². The zero-order valence-electron chi connectivity index (χ0n) is 20.3. The molecule has 34 heavy (non-hydrogen) atoms. The van der Waals surface area contributed by atoms with E-state index in [1.807, 2.05) is 19.9 Å². The summed E-state index contributed by atoms with van der Waals surface area (Å²) in [4.78, 5) is 11.4. The second-order valence-corrected chi connectivity index (χ2v) is 10.3. The Bertz CT molecular complexity index is 1210. The fourth-order valence-corrected chi connectivity index (χ4v) is 5.69. The van der Waals surface area contributed by atoms with E-state index in [-0.39, 0.29) is 17.3 Å². The Balaban J connectivity index is 1.90. The Kier molecular flexibility index (Phi) is 7.67. The van der Waals surface area contributed by atoms with E-state index < -0.39 is 21.6 Å². The van der Waals surface area contributed by atoms with Crippen LogP contribution in [0, 0.1) is 20.8 Å². The summed E-state index contributed by atoms with van der Waals surface area (Å²) in [7, 11) is -2.72. The predicted molar refractivity (Wildman–Crippen MR) is 130 cm³/mol. The summed E-state index contributed by atoms with van der Waals surface area (Å²) < 4.78 is 47.0. The van der Waals surface area contributed by atoms with Crippen LogP contribution in [0.5, 0.6) is 5.75 Å². The highest BCUT2D eigenvalue weighted by Crippen LogP contribution is 2.43. The number of esters is 1. The van der Waals surface area contributed by atoms with Gasteiger partial charge in [-0.1, -0.05) is 30.3 Å². The second-order valence-electron chi connectivity index (χ2n) is 8.76. The zero-order chi connectivity index (χ0) is 25.1. The first-order valence-electron chi connectivity index (χ1n) is 11.1. The number of hydrogen-bond donors (Lipinski definition) is 1. The molecule has 3 rings (SSSR count). The monoisotopic (exact) mass is 488 g/mol. The lowest BCUT2D eigenvalue weighted by molar-refractivity contribution is -0.146. The van der Waals surface area contributed by atoms with Gasteiger partial charge in [-0.15, -0.1) is 4.40 Å². The molecule has 0 spiro atoms. The molecular formula is C25H32N2O6S. The highest BCUT2D eigenvalue weighted by atomic mass is 32.2. The lowest BCUT2D eigenvalue weighted by Crippen LogP contribution is -2.38. The molecule has 0 aliphatic carbocycles. The maximum absolute atomic E-state index is 13.3. The van der Waals surface area contributed by atoms with Crippen LogP contribution in [-0.2, 0) is 30.7 Å². The van der Waals surface area contributed by atoms with Crippen LogP contribution < -0.4 is 10.5 Å². The Labute approximate surface area is 201 Å². The Morgan fingerprint density at radius 1 is 1.15 bits per heavy atom. The van der Waals surface area contributed by atoms with Gasteiger partial charge in [0.05, 0.1) is 18.6 Å². The molecule has 9 heteroatoms. The zero-order valence-corrected chi connectivity index (χ0v) is 21.1. The molecule has 2 N–H and O–H groups in total. The fraction of sp³-hybridized carbons (Fsp3) is 0.440. The van der Waals surface area contributed by atoms with E-state index >= 15 is 0 Å². The molecule has 0 saturated heterocycles. The Hall–Kier alpha value is -2.91. The Morgan fingerprint density at radius 2 is 1.82 bits per heavy atom. The van der Waals surface area contributed by atoms with Crippen molar-refractivity contribution in [2.75, 3.05) is 20.3 Å². The largest absolute Gasteiger partial charge is 0.487 e. The number of carbonyl (C=O) groups excluding carboxylic acids is 1. The fourth-order valence-electron chi connectivity index (χ4n) is 4.18. The summed E-state index contributed by atoms with van der Waals surface area (Å²) in [5, 5.41) is 0. The molecule has 0 saturated carbocycles. The molecule has 1 unspecified atom stereocenters. The van der Waals surface area contributed by atoms with Crippen molar-refractivity contribution in [3.05, 3.63) is 58.1 Å². The maximum atomic E-state index is 13.3. The third-order valence-electron chi connectivity index (χ3n) is 6.33. The second kappa shape index (κ2) is 10.1. The Morgan fingerprint density at radius 3 is 2.47 bits per heavy atom. The molecule has 0 amide bonds. The molecule has 2 aromatic rings. The van der Waals surface area contributed by atoms with Crippen LogP contribution in [0.15, 0.2) is 39.6 Å². The van der Waals surface area contributed by atoms with Crippen LogP contribution in [0.2, 0.25) is 0 Å². The maximum Gasteiger partial charge on any atom is 0.331 e. The molecule has 0 fully saturated rings. The normalized spacial score (nSPS) is 18.2. The number of nitrogens with zero attached hydrogens (tertiary/aromatic N) is 1. The molecule has 184 valence electrons. The van der Waals surface area contributed by atoms with Crippen molar-refractivity contribution in [3.8, 4) is 5.75 Å². The van der Waals surface area contributed by atoms with E-state index in [0.29, 0.717) is 48.3 Å². The van der Waals surface area contributed by atoms with Crippen LogP contribution in [0.4, 0.5) is 0 Å². The molecule has 8 nitrogen and oxygen atoms in total. The molecule has 0 radical (unpaired) electrons. The number of hydrogen-bond acceptors (Lipinski definition) is 6. The van der Waals surface area contributed by atoms with Gasteiger partial charge in [0.2, 0.25) is 0 Å². The van der Waals surface area contributed by atoms with Gasteiger partial charge < -0.3 is 19.9 Å². The number of fused-ring (bicyclic) bond motifs is 1. The first-order chi connectivity index (χ1) is 16.0. The quantitative estimate of drug-likeness (QED) is 0.262. The first kappa shape index (κ1) is 25.7. The van der Waals surface area contributed by atoms with Gasteiger partial charge in [0.25, 0.3) is 10.0 Å². The minimum Gasteiger partial charge on any atom is -0.487 e. The van der Waals surface area contributed by atoms with Crippen molar-refractivity contribution in [2.24, 2.45) is 10.1 Å². The number of carbonyl (C=O) groups is 1. The van der Waals surface area contributed by atoms with Crippen molar-refractivity contribution in [3.63, 3.8) is 0 Å². The highest BCUT2D eigenvalue weighted by molar-refractivity contribution is 7.90. The van der Waals surface area contributed by atoms with Crippen molar-refractivity contribution >= 4 is 21.8 Å². The summed E-state index contributed by atoms with van der Waals surface area (Å²) in [5.41, 5.74) is 8.91. The van der Waals surface area contributed by atoms with Gasteiger partial charge in [0, 0.05) is 12.0 Å². The summed E-state index contributed by atoms with van der Waals surface area (Å²) in [5.74, 6) is 0.229. The van der Waals surface area contributed by atoms with Crippen molar-refractivity contribution < 1.29 is 27.4 Å². The minimum absolute atomic E-state index is 0.0504. The molecule has 1 atom stereocenters. The SMILES string of the molecule is COC(=O)COCCC1(C)CCc2c(C)c(S(=O)(=O)/N=C(/N)c3ccccc3)c(C)c(C)c2O1. The lowest BCUT2D eigenvalue weighted by atomic mass is 9.86. The van der Waals surface area contributed by atoms with Gasteiger partial charge in [-0.05, 0) is 62.8 Å². The number of benzene rings is 2. The van der Waals surface area contributed by atoms with Crippen LogP contribution in [0.25, 0.3) is 0 Å². The molecule has 1 heterocycles. The third-order valence-corrected chi connectivity index (χ3v) is 7.90. The minimum atomic E-state index is -4.04. The van der Waals surface area contributed by atoms with Crippen molar-refractivity contribution in [1.82, 2.24) is 0 Å². The van der Waals surface area contributed by atoms with Gasteiger partial charge in [-0.2, -0.15) is 8.42 Å². The highest BCUT2D eigenvalue weighted by Gasteiger charge is 2.36. The van der Waals surface area contributed by atoms with Gasteiger partial charge in [-0.25, -0.2) is 4.79 Å². The van der Waals surface area contributed by atoms with E-state index in [1.54, 1.807) is 38.1 Å². The first-order valence-corrected chi connectivity index (χ1v) is 12.5. The third kappa shape index (κ3) is 5.42. The number of methoxy groups -OCH3 is 1. The van der Waals surface area contributed by atoms with Crippen LogP contribution >= 0.6 is 0 Å². The van der Waals surface area contributed by atoms with Gasteiger partial charge >= 0.3 is 5.97 Å². The molecule has 0 bridgehead atoms. The summed E-state index contributed by atoms with van der Waals surface area (Å²) in [6, 6.07) is 8.81. The van der Waals surface area contributed by atoms with E-state index in [0.717, 1.165) is 11.1 Å². The van der Waals surface area contributed by atoms with E-state index in [2.05, 4.69) is 9.13 Å². The smallest absolute Gasteiger partial charge is 0.331 e. The van der Waals surface area contributed by atoms with E-state index in [4.69, 9.17) is 15.2 Å². The topological polar surface area (TPSA) is 117 Å². The molecule has 1 aliphatic heterocycles. The number of ether oxygens (including phenoxy) is 3. The van der Waals surface area contributed by atoms with Gasteiger partial charge in [0.1, 0.15) is 23.8 Å². The van der Waals surface area contributed by atoms with Crippen LogP contribution in [0.1, 0.15) is 47.6 Å². The molecule has 2 aromatic carbocycles. The summed E-state index contributed by atoms with van der Waals surface area (Å²) in [6.07, 6.45) is 1.91. The average Bonchev–Trinajstić information content (AvgIpc) is 2.80. The van der Waals surface area contributed by atoms with Crippen LogP contribution in [-0.4, -0.2) is 46.1 Å². The van der Waals surface area contributed by atoms with E-state index in [1.165, 1.54) is 7.11 Å². The molecular weight excluding hydrogens is 456 g/mol. The van der Waals surface area contributed by atoms with Crippen molar-refractivity contribution in [1.29, 1.82) is 0 Å². The number of rotatable bonds is 8. The average molecular weight is 489 g/mol. The summed E-state index contributed by atoms with van der Waals surface area (Å²) >= 11 is 0. The van der Waals surface area contributed by atoms with E-state index in [9.17, 15) is 13.2 Å². The standard InChI is InChI=1S/C25H32N2O6S/c1-16-17(2)23(34(29,30)27-24(26)19-9-7-6-8-10-19)18(3)20-11-12-25(4,33-22(16)20)13-14-32-15-21(28)31-5/h6-10H,11-15H2,1-5H3,(H2,26,27). The molecule has 1 aliphatic rings. The lowest BCUT2D eigenvalue weighted by Gasteiger charge is -2.38. The number of sulfonamides is 1. The predicted octanol–water partition coefficient (Wildman–Crippen LogP) is 3.37.